The van der Waals surface area contributed by atoms with Gasteiger partial charge in [0.1, 0.15) is 6.29 Å². The molecule has 2 aliphatic heterocycles. The second-order valence-corrected chi connectivity index (χ2v) is 9.56. The van der Waals surface area contributed by atoms with Crippen LogP contribution in [0.15, 0.2) is 42.5 Å². The molecule has 0 atom stereocenters. The van der Waals surface area contributed by atoms with Crippen LogP contribution in [-0.2, 0) is 14.3 Å². The summed E-state index contributed by atoms with van der Waals surface area (Å²) in [5, 5.41) is 12.0. The van der Waals surface area contributed by atoms with Crippen LogP contribution in [0.3, 0.4) is 0 Å². The number of aldehydes is 1. The molecule has 210 valence electrons. The summed E-state index contributed by atoms with van der Waals surface area (Å²) in [6.07, 6.45) is 4.29. The lowest BCUT2D eigenvalue weighted by Crippen LogP contribution is -2.40. The Kier molecular flexibility index (Phi) is 13.7. The molecule has 2 heterocycles. The fourth-order valence-corrected chi connectivity index (χ4v) is 4.64. The van der Waals surface area contributed by atoms with Gasteiger partial charge in [-0.25, -0.2) is 0 Å². The third kappa shape index (κ3) is 9.84. The van der Waals surface area contributed by atoms with Gasteiger partial charge in [0.05, 0.1) is 24.8 Å². The van der Waals surface area contributed by atoms with Crippen molar-refractivity contribution in [3.05, 3.63) is 64.7 Å². The zero-order valence-corrected chi connectivity index (χ0v) is 23.7. The van der Waals surface area contributed by atoms with Crippen LogP contribution in [0, 0.1) is 18.3 Å². The Hall–Kier alpha value is -3.70. The molecule has 2 aliphatic rings. The predicted molar refractivity (Wildman–Crippen MR) is 154 cm³/mol. The van der Waals surface area contributed by atoms with Crippen LogP contribution in [-0.4, -0.2) is 74.3 Å². The first-order valence-corrected chi connectivity index (χ1v) is 13.7. The number of hydrogen-bond donors (Lipinski definition) is 1. The van der Waals surface area contributed by atoms with E-state index in [1.807, 2.05) is 73.2 Å². The van der Waals surface area contributed by atoms with Gasteiger partial charge in [0, 0.05) is 50.9 Å². The number of hydrogen-bond acceptors (Lipinski definition) is 6. The molecule has 2 amide bonds. The van der Waals surface area contributed by atoms with Gasteiger partial charge in [-0.15, -0.1) is 0 Å². The molecule has 2 saturated heterocycles. The van der Waals surface area contributed by atoms with Gasteiger partial charge in [0.15, 0.2) is 0 Å². The van der Waals surface area contributed by atoms with Crippen LogP contribution >= 0.6 is 0 Å². The summed E-state index contributed by atoms with van der Waals surface area (Å²) >= 11 is 0. The Labute approximate surface area is 232 Å². The van der Waals surface area contributed by atoms with Gasteiger partial charge in [0.2, 0.25) is 5.91 Å². The molecule has 8 nitrogen and oxygen atoms in total. The summed E-state index contributed by atoms with van der Waals surface area (Å²) in [6.45, 7) is 10.0. The zero-order valence-electron chi connectivity index (χ0n) is 23.7. The predicted octanol–water partition coefficient (Wildman–Crippen LogP) is 4.78. The molecule has 0 aromatic heterocycles. The number of nitriles is 1. The Morgan fingerprint density at radius 3 is 2.21 bits per heavy atom. The van der Waals surface area contributed by atoms with E-state index in [4.69, 9.17) is 14.8 Å². The number of carbonyl (C=O) groups excluding carboxylic acids is 3. The number of aryl methyl sites for hydroxylation is 1. The van der Waals surface area contributed by atoms with Gasteiger partial charge < -0.3 is 24.6 Å². The van der Waals surface area contributed by atoms with Crippen molar-refractivity contribution in [2.24, 2.45) is 0 Å². The molecule has 0 saturated carbocycles. The Morgan fingerprint density at radius 2 is 1.67 bits per heavy atom. The molecule has 2 aromatic rings. The molecule has 2 fully saturated rings. The van der Waals surface area contributed by atoms with Crippen molar-refractivity contribution in [3.63, 3.8) is 0 Å². The number of carbonyl (C=O) groups is 3. The van der Waals surface area contributed by atoms with Gasteiger partial charge in [-0.3, -0.25) is 9.59 Å². The number of morpholine rings is 1. The van der Waals surface area contributed by atoms with Gasteiger partial charge >= 0.3 is 0 Å². The first-order chi connectivity index (χ1) is 18.9. The Morgan fingerprint density at radius 1 is 1.05 bits per heavy atom. The molecule has 0 radical (unpaired) electrons. The number of benzene rings is 2. The lowest BCUT2D eigenvalue weighted by atomic mass is 9.89. The molecule has 1 N–H and O–H groups in total. The topological polar surface area (TPSA) is 103 Å². The van der Waals surface area contributed by atoms with Crippen LogP contribution in [0.4, 0.5) is 5.69 Å². The fraction of sp³-hybridized carbons (Fsp3) is 0.484. The Balaban J connectivity index is 0.000000317. The molecule has 39 heavy (non-hydrogen) atoms. The molecular formula is C31H42N4O4. The van der Waals surface area contributed by atoms with Gasteiger partial charge in [-0.2, -0.15) is 5.26 Å². The summed E-state index contributed by atoms with van der Waals surface area (Å²) in [5.74, 6) is 0.841. The molecule has 0 bridgehead atoms. The number of ether oxygens (including phenoxy) is 1. The molecule has 0 unspecified atom stereocenters. The second kappa shape index (κ2) is 17.0. The van der Waals surface area contributed by atoms with Crippen molar-refractivity contribution in [1.29, 1.82) is 5.26 Å². The normalized spacial score (nSPS) is 15.1. The molecule has 0 aliphatic carbocycles. The average Bonchev–Trinajstić information content (AvgIpc) is 2.98. The monoisotopic (exact) mass is 534 g/mol. The highest BCUT2D eigenvalue weighted by atomic mass is 16.5. The number of nitrogens with zero attached hydrogens (tertiary/aromatic N) is 3. The minimum atomic E-state index is 0.106. The van der Waals surface area contributed by atoms with E-state index in [0.717, 1.165) is 68.5 Å². The van der Waals surface area contributed by atoms with E-state index in [-0.39, 0.29) is 11.8 Å². The highest BCUT2D eigenvalue weighted by Gasteiger charge is 2.25. The van der Waals surface area contributed by atoms with E-state index in [9.17, 15) is 9.59 Å². The maximum atomic E-state index is 12.8. The summed E-state index contributed by atoms with van der Waals surface area (Å²) in [6, 6.07) is 15.8. The number of nitrogens with one attached hydrogen (secondary N) is 1. The summed E-state index contributed by atoms with van der Waals surface area (Å²) in [7, 11) is 1.87. The van der Waals surface area contributed by atoms with Crippen LogP contribution < -0.4 is 5.32 Å². The van der Waals surface area contributed by atoms with Crippen LogP contribution in [0.2, 0.25) is 0 Å². The average molecular weight is 535 g/mol. The van der Waals surface area contributed by atoms with Gasteiger partial charge in [0.25, 0.3) is 5.91 Å². The fourth-order valence-electron chi connectivity index (χ4n) is 4.64. The van der Waals surface area contributed by atoms with Crippen LogP contribution in [0.5, 0.6) is 0 Å². The van der Waals surface area contributed by atoms with Crippen molar-refractivity contribution < 1.29 is 19.1 Å². The minimum absolute atomic E-state index is 0.106. The van der Waals surface area contributed by atoms with E-state index >= 15 is 0 Å². The maximum Gasteiger partial charge on any atom is 0.253 e. The first-order valence-electron chi connectivity index (χ1n) is 13.7. The summed E-state index contributed by atoms with van der Waals surface area (Å²) in [5.41, 5.74) is 4.83. The zero-order chi connectivity index (χ0) is 28.6. The molecule has 8 heteroatoms. The van der Waals surface area contributed by atoms with Gasteiger partial charge in [-0.1, -0.05) is 25.1 Å². The highest BCUT2D eigenvalue weighted by molar-refractivity contribution is 5.95. The highest BCUT2D eigenvalue weighted by Crippen LogP contribution is 2.29. The smallest absolute Gasteiger partial charge is 0.253 e. The number of amides is 2. The van der Waals surface area contributed by atoms with Crippen molar-refractivity contribution in [2.45, 2.75) is 52.4 Å². The van der Waals surface area contributed by atoms with E-state index in [0.29, 0.717) is 31.1 Å². The maximum absolute atomic E-state index is 12.8. The van der Waals surface area contributed by atoms with E-state index in [2.05, 4.69) is 11.4 Å². The van der Waals surface area contributed by atoms with Crippen molar-refractivity contribution in [1.82, 2.24) is 9.80 Å². The lowest BCUT2D eigenvalue weighted by molar-refractivity contribution is -0.135. The van der Waals surface area contributed by atoms with E-state index in [1.54, 1.807) is 0 Å². The van der Waals surface area contributed by atoms with Crippen molar-refractivity contribution in [3.8, 4) is 6.07 Å². The lowest BCUT2D eigenvalue weighted by Gasteiger charge is -2.32. The molecular weight excluding hydrogens is 492 g/mol. The molecule has 2 aromatic carbocycles. The van der Waals surface area contributed by atoms with E-state index in [1.165, 1.54) is 12.5 Å². The summed E-state index contributed by atoms with van der Waals surface area (Å²) < 4.78 is 5.13. The first kappa shape index (κ1) is 31.5. The van der Waals surface area contributed by atoms with Crippen molar-refractivity contribution in [2.75, 3.05) is 51.8 Å². The second-order valence-electron chi connectivity index (χ2n) is 9.56. The van der Waals surface area contributed by atoms with Crippen LogP contribution in [0.1, 0.15) is 72.5 Å². The third-order valence-electron chi connectivity index (χ3n) is 6.87. The third-order valence-corrected chi connectivity index (χ3v) is 6.87. The largest absolute Gasteiger partial charge is 0.388 e. The standard InChI is InChI=1S/C21H23N3O.C8H15NO2.C2H4O/c1-15-3-6-19(13-20(15)23-2)21(25)24-11-9-18(10-12-24)17-7-4-16(14-22)5-8-17;1-2-3-8(10)9-4-6-11-7-5-9;1-2-3/h3-8,13,18,23H,9-12H2,1-2H3;2-7H2,1H3;2H,1H3. The molecule has 4 rings (SSSR count). The summed E-state index contributed by atoms with van der Waals surface area (Å²) in [4.78, 5) is 36.7. The minimum Gasteiger partial charge on any atom is -0.388 e. The van der Waals surface area contributed by atoms with Crippen molar-refractivity contribution >= 4 is 23.8 Å². The van der Waals surface area contributed by atoms with Crippen LogP contribution in [0.25, 0.3) is 0 Å². The SMILES string of the molecule is CC=O.CCCC(=O)N1CCOCC1.CNc1cc(C(=O)N2CCC(c3ccc(C#N)cc3)CC2)ccc1C. The number of piperidine rings is 1. The quantitative estimate of drug-likeness (QED) is 0.554. The number of likely N-dealkylation sites (tertiary alicyclic amines) is 1. The number of rotatable bonds is 5. The Bertz CT molecular complexity index is 1100. The van der Waals surface area contributed by atoms with E-state index < -0.39 is 0 Å². The van der Waals surface area contributed by atoms with Gasteiger partial charge in [-0.05, 0) is 74.4 Å². The number of anilines is 1. The molecule has 0 spiro atoms.